The minimum absolute atomic E-state index is 0.0588. The molecule has 80 valence electrons. The molecule has 0 atom stereocenters. The zero-order valence-electron chi connectivity index (χ0n) is 8.35. The number of rotatable bonds is 6. The number of hydrogen-bond acceptors (Lipinski definition) is 4. The fraction of sp³-hybridized carbons (Fsp3) is 0.667. The molecule has 0 saturated heterocycles. The Kier molecular flexibility index (Phi) is 4.58. The molecule has 0 amide bonds. The number of nitrogens with zero attached hydrogens (tertiary/aromatic N) is 2. The molecule has 0 fully saturated rings. The molecule has 3 N–H and O–H groups in total. The van der Waals surface area contributed by atoms with Crippen molar-refractivity contribution in [1.82, 2.24) is 15.1 Å². The molecule has 0 aliphatic carbocycles. The van der Waals surface area contributed by atoms with Gasteiger partial charge in [0.05, 0.1) is 24.9 Å². The van der Waals surface area contributed by atoms with E-state index in [-0.39, 0.29) is 19.3 Å². The van der Waals surface area contributed by atoms with Gasteiger partial charge in [-0.1, -0.05) is 0 Å². The summed E-state index contributed by atoms with van der Waals surface area (Å²) in [5.41, 5.74) is 1.06. The summed E-state index contributed by atoms with van der Waals surface area (Å²) >= 11 is 0. The van der Waals surface area contributed by atoms with Crippen LogP contribution < -0.4 is 5.32 Å². The zero-order valence-corrected chi connectivity index (χ0v) is 8.35. The van der Waals surface area contributed by atoms with Crippen LogP contribution >= 0.6 is 0 Å². The van der Waals surface area contributed by atoms with Crippen molar-refractivity contribution in [3.63, 3.8) is 0 Å². The summed E-state index contributed by atoms with van der Waals surface area (Å²) in [4.78, 5) is 0. The average molecular weight is 199 g/mol. The fourth-order valence-corrected chi connectivity index (χ4v) is 1.23. The van der Waals surface area contributed by atoms with E-state index in [0.717, 1.165) is 12.2 Å². The van der Waals surface area contributed by atoms with E-state index in [0.29, 0.717) is 6.54 Å². The van der Waals surface area contributed by atoms with Gasteiger partial charge in [0, 0.05) is 19.3 Å². The monoisotopic (exact) mass is 199 g/mol. The SMILES string of the molecule is CCn1nccc1CNC(CO)CO. The maximum Gasteiger partial charge on any atom is 0.0607 e. The van der Waals surface area contributed by atoms with Crippen molar-refractivity contribution >= 4 is 0 Å². The molecule has 14 heavy (non-hydrogen) atoms. The number of aromatic nitrogens is 2. The Morgan fingerprint density at radius 1 is 1.50 bits per heavy atom. The minimum Gasteiger partial charge on any atom is -0.395 e. The average Bonchev–Trinajstić information content (AvgIpc) is 2.67. The molecule has 0 spiro atoms. The highest BCUT2D eigenvalue weighted by Gasteiger charge is 2.06. The summed E-state index contributed by atoms with van der Waals surface area (Å²) in [6.45, 7) is 3.34. The molecule has 0 unspecified atom stereocenters. The number of aryl methyl sites for hydroxylation is 1. The van der Waals surface area contributed by atoms with Gasteiger partial charge in [0.2, 0.25) is 0 Å². The lowest BCUT2D eigenvalue weighted by atomic mass is 10.3. The Bertz CT molecular complexity index is 258. The van der Waals surface area contributed by atoms with Crippen molar-refractivity contribution in [2.45, 2.75) is 26.1 Å². The van der Waals surface area contributed by atoms with E-state index < -0.39 is 0 Å². The van der Waals surface area contributed by atoms with Gasteiger partial charge in [0.15, 0.2) is 0 Å². The smallest absolute Gasteiger partial charge is 0.0607 e. The molecule has 1 rings (SSSR count). The van der Waals surface area contributed by atoms with E-state index in [2.05, 4.69) is 10.4 Å². The molecule has 1 aromatic heterocycles. The lowest BCUT2D eigenvalue weighted by molar-refractivity contribution is 0.169. The van der Waals surface area contributed by atoms with Crippen molar-refractivity contribution in [2.24, 2.45) is 0 Å². The molecular weight excluding hydrogens is 182 g/mol. The highest BCUT2D eigenvalue weighted by atomic mass is 16.3. The molecular formula is C9H17N3O2. The van der Waals surface area contributed by atoms with Crippen molar-refractivity contribution < 1.29 is 10.2 Å². The van der Waals surface area contributed by atoms with Gasteiger partial charge in [-0.3, -0.25) is 4.68 Å². The van der Waals surface area contributed by atoms with Crippen LogP contribution in [0.15, 0.2) is 12.3 Å². The van der Waals surface area contributed by atoms with Crippen LogP contribution in [0.2, 0.25) is 0 Å². The van der Waals surface area contributed by atoms with Crippen LogP contribution in [0.25, 0.3) is 0 Å². The number of aliphatic hydroxyl groups is 2. The molecule has 0 bridgehead atoms. The molecule has 1 heterocycles. The third-order valence-corrected chi connectivity index (χ3v) is 2.12. The molecule has 0 radical (unpaired) electrons. The van der Waals surface area contributed by atoms with E-state index in [9.17, 15) is 0 Å². The summed E-state index contributed by atoms with van der Waals surface area (Å²) in [7, 11) is 0. The molecule has 5 nitrogen and oxygen atoms in total. The van der Waals surface area contributed by atoms with Gasteiger partial charge in [-0.25, -0.2) is 0 Å². The molecule has 5 heteroatoms. The number of hydrogen-bond donors (Lipinski definition) is 3. The highest BCUT2D eigenvalue weighted by Crippen LogP contribution is 1.98. The molecule has 0 saturated carbocycles. The fourth-order valence-electron chi connectivity index (χ4n) is 1.23. The molecule has 1 aromatic rings. The van der Waals surface area contributed by atoms with Crippen LogP contribution in [-0.2, 0) is 13.1 Å². The van der Waals surface area contributed by atoms with Crippen LogP contribution in [0.1, 0.15) is 12.6 Å². The lowest BCUT2D eigenvalue weighted by Gasteiger charge is -2.13. The van der Waals surface area contributed by atoms with Crippen LogP contribution in [0.5, 0.6) is 0 Å². The summed E-state index contributed by atoms with van der Waals surface area (Å²) in [5.74, 6) is 0. The second kappa shape index (κ2) is 5.74. The summed E-state index contributed by atoms with van der Waals surface area (Å²) in [6, 6.07) is 1.66. The van der Waals surface area contributed by atoms with Crippen LogP contribution in [0, 0.1) is 0 Å². The van der Waals surface area contributed by atoms with Crippen molar-refractivity contribution in [2.75, 3.05) is 13.2 Å². The largest absolute Gasteiger partial charge is 0.395 e. The van der Waals surface area contributed by atoms with E-state index in [4.69, 9.17) is 10.2 Å². The van der Waals surface area contributed by atoms with Gasteiger partial charge in [-0.05, 0) is 13.0 Å². The van der Waals surface area contributed by atoms with Gasteiger partial charge in [-0.2, -0.15) is 5.10 Å². The Labute approximate surface area is 83.4 Å². The normalized spacial score (nSPS) is 11.1. The van der Waals surface area contributed by atoms with Crippen molar-refractivity contribution in [1.29, 1.82) is 0 Å². The number of nitrogens with one attached hydrogen (secondary N) is 1. The first-order valence-corrected chi connectivity index (χ1v) is 4.77. The summed E-state index contributed by atoms with van der Waals surface area (Å²) in [5, 5.41) is 24.8. The highest BCUT2D eigenvalue weighted by molar-refractivity contribution is 5.00. The standard InChI is InChI=1S/C9H17N3O2/c1-2-12-9(3-4-11-12)5-10-8(6-13)7-14/h3-4,8,10,13-14H,2,5-7H2,1H3. The van der Waals surface area contributed by atoms with Gasteiger partial charge in [-0.15, -0.1) is 0 Å². The van der Waals surface area contributed by atoms with Gasteiger partial charge in [0.1, 0.15) is 0 Å². The van der Waals surface area contributed by atoms with E-state index in [1.807, 2.05) is 17.7 Å². The van der Waals surface area contributed by atoms with Crippen LogP contribution in [0.4, 0.5) is 0 Å². The van der Waals surface area contributed by atoms with Crippen LogP contribution in [-0.4, -0.2) is 39.2 Å². The van der Waals surface area contributed by atoms with Gasteiger partial charge >= 0.3 is 0 Å². The Balaban J connectivity index is 2.44. The van der Waals surface area contributed by atoms with Gasteiger partial charge in [0.25, 0.3) is 0 Å². The second-order valence-electron chi connectivity index (χ2n) is 3.08. The first-order chi connectivity index (χ1) is 6.81. The first kappa shape index (κ1) is 11.2. The van der Waals surface area contributed by atoms with Crippen molar-refractivity contribution in [3.05, 3.63) is 18.0 Å². The van der Waals surface area contributed by atoms with Crippen LogP contribution in [0.3, 0.4) is 0 Å². The Hall–Kier alpha value is -0.910. The lowest BCUT2D eigenvalue weighted by Crippen LogP contribution is -2.35. The van der Waals surface area contributed by atoms with E-state index in [1.165, 1.54) is 0 Å². The first-order valence-electron chi connectivity index (χ1n) is 4.77. The van der Waals surface area contributed by atoms with Gasteiger partial charge < -0.3 is 15.5 Å². The molecule has 0 aliphatic rings. The zero-order chi connectivity index (χ0) is 10.4. The predicted octanol–water partition coefficient (Wildman–Crippen LogP) is -0.654. The third kappa shape index (κ3) is 2.80. The van der Waals surface area contributed by atoms with E-state index in [1.54, 1.807) is 6.20 Å². The van der Waals surface area contributed by atoms with Crippen molar-refractivity contribution in [3.8, 4) is 0 Å². The molecule has 0 aromatic carbocycles. The quantitative estimate of drug-likeness (QED) is 0.569. The summed E-state index contributed by atoms with van der Waals surface area (Å²) < 4.78 is 1.87. The second-order valence-corrected chi connectivity index (χ2v) is 3.08. The topological polar surface area (TPSA) is 70.3 Å². The number of aliphatic hydroxyl groups excluding tert-OH is 2. The van der Waals surface area contributed by atoms with E-state index >= 15 is 0 Å². The maximum atomic E-state index is 8.84. The predicted molar refractivity (Wildman–Crippen MR) is 52.7 cm³/mol. The third-order valence-electron chi connectivity index (χ3n) is 2.12. The summed E-state index contributed by atoms with van der Waals surface area (Å²) in [6.07, 6.45) is 1.74. The molecule has 0 aliphatic heterocycles. The Morgan fingerprint density at radius 2 is 2.21 bits per heavy atom. The minimum atomic E-state index is -0.254. The Morgan fingerprint density at radius 3 is 2.79 bits per heavy atom. The maximum absolute atomic E-state index is 8.84.